The van der Waals surface area contributed by atoms with Crippen molar-refractivity contribution in [2.45, 2.75) is 19.4 Å². The predicted octanol–water partition coefficient (Wildman–Crippen LogP) is 2.83. The van der Waals surface area contributed by atoms with E-state index in [1.807, 2.05) is 56.4 Å². The topological polar surface area (TPSA) is 85.3 Å². The highest BCUT2D eigenvalue weighted by Crippen LogP contribution is 2.30. The van der Waals surface area contributed by atoms with Crippen LogP contribution >= 0.6 is 0 Å². The summed E-state index contributed by atoms with van der Waals surface area (Å²) >= 11 is 0. The molecule has 0 bridgehead atoms. The fraction of sp³-hybridized carbons (Fsp3) is 0.227. The minimum Gasteiger partial charge on any atom is -0.482 e. The predicted molar refractivity (Wildman–Crippen MR) is 109 cm³/mol. The number of carbonyl (C=O) groups excluding carboxylic acids is 2. The summed E-state index contributed by atoms with van der Waals surface area (Å²) in [6.07, 6.45) is 2.22. The number of ether oxygens (including phenoxy) is 1. The van der Waals surface area contributed by atoms with Crippen LogP contribution in [0.15, 0.2) is 54.7 Å². The molecule has 0 spiro atoms. The third-order valence-corrected chi connectivity index (χ3v) is 5.00. The second-order valence-corrected chi connectivity index (χ2v) is 7.08. The molecule has 1 aliphatic heterocycles. The summed E-state index contributed by atoms with van der Waals surface area (Å²) in [5, 5.41) is 10.1. The van der Waals surface area contributed by atoms with Crippen LogP contribution in [0.2, 0.25) is 0 Å². The molecule has 2 N–H and O–H groups in total. The number of carbonyl (C=O) groups is 2. The summed E-state index contributed by atoms with van der Waals surface area (Å²) in [4.78, 5) is 24.5. The van der Waals surface area contributed by atoms with Crippen LogP contribution < -0.4 is 15.4 Å². The maximum absolute atomic E-state index is 12.9. The Hall–Kier alpha value is -3.61. The van der Waals surface area contributed by atoms with Crippen LogP contribution in [0.4, 0.5) is 5.69 Å². The molecule has 0 saturated carbocycles. The number of rotatable bonds is 5. The lowest BCUT2D eigenvalue weighted by Gasteiger charge is -2.21. The average Bonchev–Trinajstić information content (AvgIpc) is 3.08. The molecule has 3 aromatic rings. The number of hydrogen-bond donors (Lipinski definition) is 2. The SMILES string of the molecule is CC(NC(=O)c1cnn(C)c1Cc1ccccc1)c1ccc2c(c1)NC(=O)CO2. The second kappa shape index (κ2) is 7.79. The highest BCUT2D eigenvalue weighted by Gasteiger charge is 2.21. The van der Waals surface area contributed by atoms with Crippen molar-refractivity contribution < 1.29 is 14.3 Å². The molecule has 7 nitrogen and oxygen atoms in total. The lowest BCUT2D eigenvalue weighted by atomic mass is 10.0. The van der Waals surface area contributed by atoms with Crippen LogP contribution in [-0.2, 0) is 18.3 Å². The Morgan fingerprint density at radius 3 is 2.86 bits per heavy atom. The summed E-state index contributed by atoms with van der Waals surface area (Å²) in [5.41, 5.74) is 4.01. The molecule has 0 radical (unpaired) electrons. The van der Waals surface area contributed by atoms with Crippen LogP contribution in [0, 0.1) is 0 Å². The second-order valence-electron chi connectivity index (χ2n) is 7.08. The lowest BCUT2D eigenvalue weighted by molar-refractivity contribution is -0.118. The molecule has 2 aromatic carbocycles. The number of fused-ring (bicyclic) bond motifs is 1. The molecular weight excluding hydrogens is 368 g/mol. The number of hydrogen-bond acceptors (Lipinski definition) is 4. The van der Waals surface area contributed by atoms with E-state index in [4.69, 9.17) is 4.74 Å². The first-order valence-corrected chi connectivity index (χ1v) is 9.43. The van der Waals surface area contributed by atoms with E-state index in [1.54, 1.807) is 16.9 Å². The summed E-state index contributed by atoms with van der Waals surface area (Å²) in [5.74, 6) is 0.256. The number of aryl methyl sites for hydroxylation is 1. The van der Waals surface area contributed by atoms with E-state index in [0.29, 0.717) is 23.4 Å². The summed E-state index contributed by atoms with van der Waals surface area (Å²) in [6, 6.07) is 15.2. The van der Waals surface area contributed by atoms with Gasteiger partial charge >= 0.3 is 0 Å². The lowest BCUT2D eigenvalue weighted by Crippen LogP contribution is -2.28. The summed E-state index contributed by atoms with van der Waals surface area (Å²) < 4.78 is 7.12. The van der Waals surface area contributed by atoms with E-state index in [1.165, 1.54) is 0 Å². The van der Waals surface area contributed by atoms with Crippen molar-refractivity contribution in [2.75, 3.05) is 11.9 Å². The third kappa shape index (κ3) is 3.99. The van der Waals surface area contributed by atoms with Crippen molar-refractivity contribution in [3.63, 3.8) is 0 Å². The highest BCUT2D eigenvalue weighted by molar-refractivity contribution is 5.96. The molecule has 0 aliphatic carbocycles. The fourth-order valence-corrected chi connectivity index (χ4v) is 3.38. The molecule has 2 heterocycles. The quantitative estimate of drug-likeness (QED) is 0.702. The van der Waals surface area contributed by atoms with Gasteiger partial charge in [0.05, 0.1) is 29.2 Å². The van der Waals surface area contributed by atoms with Gasteiger partial charge in [0, 0.05) is 13.5 Å². The van der Waals surface area contributed by atoms with Crippen molar-refractivity contribution in [1.29, 1.82) is 0 Å². The van der Waals surface area contributed by atoms with Gasteiger partial charge in [-0.1, -0.05) is 36.4 Å². The van der Waals surface area contributed by atoms with Gasteiger partial charge in [-0.15, -0.1) is 0 Å². The van der Waals surface area contributed by atoms with E-state index >= 15 is 0 Å². The van der Waals surface area contributed by atoms with Gasteiger partial charge in [-0.05, 0) is 30.2 Å². The molecule has 4 rings (SSSR count). The van der Waals surface area contributed by atoms with Crippen molar-refractivity contribution >= 4 is 17.5 Å². The minimum absolute atomic E-state index is 0.0177. The molecule has 0 saturated heterocycles. The van der Waals surface area contributed by atoms with Crippen molar-refractivity contribution in [3.8, 4) is 5.75 Å². The third-order valence-electron chi connectivity index (χ3n) is 5.00. The van der Waals surface area contributed by atoms with Crippen LogP contribution in [0.25, 0.3) is 0 Å². The zero-order valence-corrected chi connectivity index (χ0v) is 16.3. The normalized spacial score (nSPS) is 13.8. The molecule has 7 heteroatoms. The first-order chi connectivity index (χ1) is 14.0. The molecule has 0 fully saturated rings. The van der Waals surface area contributed by atoms with Gasteiger partial charge in [0.1, 0.15) is 5.75 Å². The number of aromatic nitrogens is 2. The number of nitrogens with zero attached hydrogens (tertiary/aromatic N) is 2. The van der Waals surface area contributed by atoms with Gasteiger partial charge in [0.25, 0.3) is 11.8 Å². The molecule has 148 valence electrons. The Balaban J connectivity index is 1.51. The Morgan fingerprint density at radius 1 is 1.28 bits per heavy atom. The molecule has 1 aliphatic rings. The van der Waals surface area contributed by atoms with Crippen LogP contribution in [-0.4, -0.2) is 28.2 Å². The summed E-state index contributed by atoms with van der Waals surface area (Å²) in [6.45, 7) is 1.92. The number of anilines is 1. The first kappa shape index (κ1) is 18.7. The smallest absolute Gasteiger partial charge is 0.262 e. The molecule has 1 unspecified atom stereocenters. The molecule has 1 aromatic heterocycles. The first-order valence-electron chi connectivity index (χ1n) is 9.43. The van der Waals surface area contributed by atoms with Crippen LogP contribution in [0.5, 0.6) is 5.75 Å². The molecule has 2 amide bonds. The number of benzene rings is 2. The Bertz CT molecular complexity index is 1060. The van der Waals surface area contributed by atoms with Crippen molar-refractivity contribution in [3.05, 3.63) is 77.1 Å². The van der Waals surface area contributed by atoms with Crippen molar-refractivity contribution in [2.24, 2.45) is 7.05 Å². The summed E-state index contributed by atoms with van der Waals surface area (Å²) in [7, 11) is 1.84. The standard InChI is InChI=1S/C22H22N4O3/c1-14(16-8-9-20-18(11-16)25-21(27)13-29-20)24-22(28)17-12-23-26(2)19(17)10-15-6-4-3-5-7-15/h3-9,11-12,14H,10,13H2,1-2H3,(H,24,28)(H,25,27). The van der Waals surface area contributed by atoms with Gasteiger partial charge in [-0.25, -0.2) is 0 Å². The Kier molecular flexibility index (Phi) is 5.03. The van der Waals surface area contributed by atoms with Gasteiger partial charge < -0.3 is 15.4 Å². The molecule has 29 heavy (non-hydrogen) atoms. The Labute approximate surface area is 168 Å². The number of nitrogens with one attached hydrogen (secondary N) is 2. The van der Waals surface area contributed by atoms with E-state index in [9.17, 15) is 9.59 Å². The fourth-order valence-electron chi connectivity index (χ4n) is 3.38. The maximum Gasteiger partial charge on any atom is 0.262 e. The van der Waals surface area contributed by atoms with Gasteiger partial charge in [0.2, 0.25) is 0 Å². The highest BCUT2D eigenvalue weighted by atomic mass is 16.5. The minimum atomic E-state index is -0.253. The molecule has 1 atom stereocenters. The van der Waals surface area contributed by atoms with Crippen LogP contribution in [0.3, 0.4) is 0 Å². The zero-order valence-electron chi connectivity index (χ0n) is 16.3. The monoisotopic (exact) mass is 390 g/mol. The Morgan fingerprint density at radius 2 is 2.07 bits per heavy atom. The van der Waals surface area contributed by atoms with Crippen LogP contribution in [0.1, 0.15) is 40.1 Å². The van der Waals surface area contributed by atoms with E-state index in [-0.39, 0.29) is 24.5 Å². The van der Waals surface area contributed by atoms with E-state index < -0.39 is 0 Å². The zero-order chi connectivity index (χ0) is 20.4. The van der Waals surface area contributed by atoms with E-state index in [2.05, 4.69) is 15.7 Å². The van der Waals surface area contributed by atoms with Crippen molar-refractivity contribution in [1.82, 2.24) is 15.1 Å². The largest absolute Gasteiger partial charge is 0.482 e. The van der Waals surface area contributed by atoms with Gasteiger partial charge in [-0.2, -0.15) is 5.10 Å². The van der Waals surface area contributed by atoms with E-state index in [0.717, 1.165) is 16.8 Å². The molecular formula is C22H22N4O3. The number of amides is 2. The van der Waals surface area contributed by atoms with Gasteiger partial charge in [0.15, 0.2) is 6.61 Å². The van der Waals surface area contributed by atoms with Gasteiger partial charge in [-0.3, -0.25) is 14.3 Å². The maximum atomic E-state index is 12.9. The average molecular weight is 390 g/mol.